The Kier molecular flexibility index (Phi) is 3.03. The summed E-state index contributed by atoms with van der Waals surface area (Å²) in [4.78, 5) is 0. The molecule has 0 amide bonds. The molecule has 2 unspecified atom stereocenters. The minimum Gasteiger partial charge on any atom is -0.314 e. The average molecular weight is 280 g/mol. The van der Waals surface area contributed by atoms with Crippen LogP contribution in [-0.4, -0.2) is 12.6 Å². The molecule has 1 nitrogen and oxygen atoms in total. The van der Waals surface area contributed by atoms with Crippen molar-refractivity contribution < 1.29 is 0 Å². The molecule has 1 aliphatic carbocycles. The molecule has 1 fully saturated rings. The van der Waals surface area contributed by atoms with Crippen LogP contribution in [-0.2, 0) is 12.8 Å². The molecule has 1 aromatic rings. The van der Waals surface area contributed by atoms with Crippen LogP contribution >= 0.6 is 15.9 Å². The lowest BCUT2D eigenvalue weighted by Gasteiger charge is -2.29. The van der Waals surface area contributed by atoms with Crippen LogP contribution in [0.15, 0.2) is 22.7 Å². The second kappa shape index (κ2) is 4.50. The Bertz CT molecular complexity index is 382. The van der Waals surface area contributed by atoms with E-state index in [0.29, 0.717) is 0 Å². The molecule has 2 atom stereocenters. The number of aryl methyl sites for hydroxylation is 1. The molecule has 86 valence electrons. The summed E-state index contributed by atoms with van der Waals surface area (Å²) < 4.78 is 1.23. The number of rotatable bonds is 1. The van der Waals surface area contributed by atoms with E-state index in [4.69, 9.17) is 0 Å². The number of halogens is 1. The SMILES string of the molecule is Brc1ccc2c(c1)CC(C1CCCN1)CC2. The van der Waals surface area contributed by atoms with E-state index in [1.165, 1.54) is 43.1 Å². The van der Waals surface area contributed by atoms with Gasteiger partial charge in [-0.3, -0.25) is 0 Å². The molecule has 0 radical (unpaired) electrons. The zero-order valence-corrected chi connectivity index (χ0v) is 11.1. The summed E-state index contributed by atoms with van der Waals surface area (Å²) in [6, 6.07) is 7.56. The molecular weight excluding hydrogens is 262 g/mol. The molecule has 0 bridgehead atoms. The summed E-state index contributed by atoms with van der Waals surface area (Å²) in [6.07, 6.45) is 6.66. The quantitative estimate of drug-likeness (QED) is 0.832. The molecular formula is C14H18BrN. The zero-order chi connectivity index (χ0) is 11.0. The Morgan fingerprint density at radius 3 is 2.94 bits per heavy atom. The van der Waals surface area contributed by atoms with E-state index in [9.17, 15) is 0 Å². The smallest absolute Gasteiger partial charge is 0.0178 e. The van der Waals surface area contributed by atoms with Crippen LogP contribution in [0.1, 0.15) is 30.4 Å². The maximum atomic E-state index is 3.66. The molecule has 0 saturated carbocycles. The summed E-state index contributed by atoms with van der Waals surface area (Å²) in [7, 11) is 0. The van der Waals surface area contributed by atoms with E-state index < -0.39 is 0 Å². The first-order chi connectivity index (χ1) is 7.83. The van der Waals surface area contributed by atoms with Gasteiger partial charge in [-0.05, 0) is 67.8 Å². The zero-order valence-electron chi connectivity index (χ0n) is 9.51. The highest BCUT2D eigenvalue weighted by Crippen LogP contribution is 2.31. The van der Waals surface area contributed by atoms with E-state index in [1.54, 1.807) is 11.1 Å². The fourth-order valence-electron chi connectivity index (χ4n) is 3.21. The standard InChI is InChI=1S/C14H18BrN/c15-13-6-5-10-3-4-11(8-12(10)9-13)14-2-1-7-16-14/h5-6,9,11,14,16H,1-4,7-8H2. The van der Waals surface area contributed by atoms with E-state index in [1.807, 2.05) is 0 Å². The van der Waals surface area contributed by atoms with Crippen molar-refractivity contribution in [1.29, 1.82) is 0 Å². The second-order valence-corrected chi connectivity index (χ2v) is 6.03. The molecule has 1 saturated heterocycles. The first-order valence-corrected chi connectivity index (χ1v) is 7.13. The van der Waals surface area contributed by atoms with E-state index in [-0.39, 0.29) is 0 Å². The van der Waals surface area contributed by atoms with Crippen LogP contribution in [0, 0.1) is 5.92 Å². The van der Waals surface area contributed by atoms with Gasteiger partial charge in [-0.25, -0.2) is 0 Å². The Labute approximate surface area is 106 Å². The maximum Gasteiger partial charge on any atom is 0.0178 e. The fourth-order valence-corrected chi connectivity index (χ4v) is 3.62. The van der Waals surface area contributed by atoms with E-state index in [2.05, 4.69) is 39.4 Å². The maximum absolute atomic E-state index is 3.66. The van der Waals surface area contributed by atoms with Crippen LogP contribution in [0.4, 0.5) is 0 Å². The lowest BCUT2D eigenvalue weighted by Crippen LogP contribution is -2.34. The summed E-state index contributed by atoms with van der Waals surface area (Å²) in [6.45, 7) is 1.23. The van der Waals surface area contributed by atoms with Crippen molar-refractivity contribution in [3.05, 3.63) is 33.8 Å². The molecule has 1 heterocycles. The third-order valence-electron chi connectivity index (χ3n) is 4.10. The van der Waals surface area contributed by atoms with Gasteiger partial charge in [-0.2, -0.15) is 0 Å². The van der Waals surface area contributed by atoms with Gasteiger partial charge in [0.2, 0.25) is 0 Å². The van der Waals surface area contributed by atoms with Gasteiger partial charge in [-0.15, -0.1) is 0 Å². The number of benzene rings is 1. The van der Waals surface area contributed by atoms with Gasteiger partial charge in [0, 0.05) is 10.5 Å². The van der Waals surface area contributed by atoms with E-state index >= 15 is 0 Å². The summed E-state index contributed by atoms with van der Waals surface area (Å²) in [5.74, 6) is 0.865. The molecule has 0 spiro atoms. The Hall–Kier alpha value is -0.340. The van der Waals surface area contributed by atoms with Crippen molar-refractivity contribution in [2.24, 2.45) is 5.92 Å². The first kappa shape index (κ1) is 10.8. The van der Waals surface area contributed by atoms with Crippen molar-refractivity contribution in [3.8, 4) is 0 Å². The van der Waals surface area contributed by atoms with Crippen LogP contribution in [0.25, 0.3) is 0 Å². The van der Waals surface area contributed by atoms with Crippen LogP contribution in [0.2, 0.25) is 0 Å². The monoisotopic (exact) mass is 279 g/mol. The predicted molar refractivity (Wildman–Crippen MR) is 70.7 cm³/mol. The number of hydrogen-bond donors (Lipinski definition) is 1. The van der Waals surface area contributed by atoms with Gasteiger partial charge >= 0.3 is 0 Å². The predicted octanol–water partition coefficient (Wildman–Crippen LogP) is 3.31. The summed E-state index contributed by atoms with van der Waals surface area (Å²) in [5.41, 5.74) is 3.14. The van der Waals surface area contributed by atoms with Gasteiger partial charge in [0.15, 0.2) is 0 Å². The van der Waals surface area contributed by atoms with Crippen LogP contribution in [0.3, 0.4) is 0 Å². The fraction of sp³-hybridized carbons (Fsp3) is 0.571. The van der Waals surface area contributed by atoms with Crippen molar-refractivity contribution in [2.75, 3.05) is 6.54 Å². The lowest BCUT2D eigenvalue weighted by atomic mass is 9.79. The number of nitrogens with one attached hydrogen (secondary N) is 1. The Morgan fingerprint density at radius 1 is 1.19 bits per heavy atom. The van der Waals surface area contributed by atoms with Crippen molar-refractivity contribution in [3.63, 3.8) is 0 Å². The Balaban J connectivity index is 1.79. The van der Waals surface area contributed by atoms with Gasteiger partial charge in [-0.1, -0.05) is 22.0 Å². The lowest BCUT2D eigenvalue weighted by molar-refractivity contribution is 0.349. The molecule has 16 heavy (non-hydrogen) atoms. The normalized spacial score (nSPS) is 29.1. The largest absolute Gasteiger partial charge is 0.314 e. The molecule has 1 aromatic carbocycles. The molecule has 2 aliphatic rings. The van der Waals surface area contributed by atoms with Gasteiger partial charge < -0.3 is 5.32 Å². The highest BCUT2D eigenvalue weighted by atomic mass is 79.9. The highest BCUT2D eigenvalue weighted by molar-refractivity contribution is 9.10. The molecule has 0 aromatic heterocycles. The second-order valence-electron chi connectivity index (χ2n) is 5.12. The third-order valence-corrected chi connectivity index (χ3v) is 4.60. The van der Waals surface area contributed by atoms with Crippen LogP contribution in [0.5, 0.6) is 0 Å². The topological polar surface area (TPSA) is 12.0 Å². The highest BCUT2D eigenvalue weighted by Gasteiger charge is 2.27. The summed E-state index contributed by atoms with van der Waals surface area (Å²) >= 11 is 3.58. The van der Waals surface area contributed by atoms with Crippen molar-refractivity contribution in [2.45, 2.75) is 38.1 Å². The number of hydrogen-bond acceptors (Lipinski definition) is 1. The van der Waals surface area contributed by atoms with Crippen molar-refractivity contribution in [1.82, 2.24) is 5.32 Å². The molecule has 3 rings (SSSR count). The average Bonchev–Trinajstić information content (AvgIpc) is 2.81. The van der Waals surface area contributed by atoms with E-state index in [0.717, 1.165) is 12.0 Å². The first-order valence-electron chi connectivity index (χ1n) is 6.33. The van der Waals surface area contributed by atoms with Crippen LogP contribution < -0.4 is 5.32 Å². The van der Waals surface area contributed by atoms with Crippen molar-refractivity contribution >= 4 is 15.9 Å². The minimum atomic E-state index is 0.784. The Morgan fingerprint density at radius 2 is 2.12 bits per heavy atom. The molecule has 1 aliphatic heterocycles. The van der Waals surface area contributed by atoms with Gasteiger partial charge in [0.05, 0.1) is 0 Å². The molecule has 1 N–H and O–H groups in total. The molecule has 2 heteroatoms. The number of fused-ring (bicyclic) bond motifs is 1. The minimum absolute atomic E-state index is 0.784. The third kappa shape index (κ3) is 2.05. The van der Waals surface area contributed by atoms with Gasteiger partial charge in [0.25, 0.3) is 0 Å². The van der Waals surface area contributed by atoms with Gasteiger partial charge in [0.1, 0.15) is 0 Å². The summed E-state index contributed by atoms with van der Waals surface area (Å²) in [5, 5.41) is 3.66.